The fourth-order valence-electron chi connectivity index (χ4n) is 0.758. The molecule has 0 amide bonds. The first-order chi connectivity index (χ1) is 6.68. The molecule has 14 heavy (non-hydrogen) atoms. The lowest BCUT2D eigenvalue weighted by Crippen LogP contribution is -2.04. The molecule has 3 N–H and O–H groups in total. The average molecular weight is 197 g/mol. The van der Waals surface area contributed by atoms with Crippen LogP contribution < -0.4 is 5.73 Å². The SMILES string of the molecule is Nc1nnnn1-c1n[nH]c([N+](=O)[O-])n1. The normalized spacial score (nSPS) is 10.3. The molecule has 0 spiro atoms. The second-order valence-electron chi connectivity index (χ2n) is 2.17. The molecule has 2 aromatic heterocycles. The van der Waals surface area contributed by atoms with Crippen LogP contribution in [0, 0.1) is 10.1 Å². The van der Waals surface area contributed by atoms with Crippen molar-refractivity contribution in [2.24, 2.45) is 0 Å². The van der Waals surface area contributed by atoms with Crippen LogP contribution in [0.15, 0.2) is 0 Å². The van der Waals surface area contributed by atoms with Gasteiger partial charge in [-0.25, -0.2) is 0 Å². The van der Waals surface area contributed by atoms with Crippen LogP contribution in [0.5, 0.6) is 0 Å². The van der Waals surface area contributed by atoms with Gasteiger partial charge in [0.1, 0.15) is 0 Å². The molecule has 0 fully saturated rings. The number of H-pyrrole nitrogens is 1. The summed E-state index contributed by atoms with van der Waals surface area (Å²) in [6.45, 7) is 0. The van der Waals surface area contributed by atoms with Crippen LogP contribution in [0.3, 0.4) is 0 Å². The summed E-state index contributed by atoms with van der Waals surface area (Å²) in [5.74, 6) is -0.645. The molecular formula is C3H3N9O2. The highest BCUT2D eigenvalue weighted by atomic mass is 16.6. The van der Waals surface area contributed by atoms with Crippen molar-refractivity contribution in [3.63, 3.8) is 0 Å². The molecule has 0 atom stereocenters. The number of nitrogens with zero attached hydrogens (tertiary/aromatic N) is 7. The van der Waals surface area contributed by atoms with Crippen LogP contribution in [0.1, 0.15) is 0 Å². The quantitative estimate of drug-likeness (QED) is 0.425. The number of hydrogen-bond acceptors (Lipinski definition) is 8. The van der Waals surface area contributed by atoms with Gasteiger partial charge in [0.2, 0.25) is 5.95 Å². The Balaban J connectivity index is 2.43. The number of hydrogen-bond donors (Lipinski definition) is 2. The molecule has 0 aliphatic heterocycles. The lowest BCUT2D eigenvalue weighted by Gasteiger charge is -1.87. The zero-order chi connectivity index (χ0) is 10.1. The molecule has 0 saturated heterocycles. The molecule has 0 aliphatic carbocycles. The van der Waals surface area contributed by atoms with Crippen molar-refractivity contribution >= 4 is 11.9 Å². The number of rotatable bonds is 2. The molecule has 2 heterocycles. The number of aromatic amines is 1. The van der Waals surface area contributed by atoms with Crippen LogP contribution in [0.4, 0.5) is 11.9 Å². The van der Waals surface area contributed by atoms with E-state index in [0.29, 0.717) is 0 Å². The summed E-state index contributed by atoms with van der Waals surface area (Å²) in [6.07, 6.45) is 0. The highest BCUT2D eigenvalue weighted by molar-refractivity contribution is 5.24. The Kier molecular flexibility index (Phi) is 1.56. The predicted molar refractivity (Wildman–Crippen MR) is 40.2 cm³/mol. The van der Waals surface area contributed by atoms with E-state index in [4.69, 9.17) is 5.73 Å². The smallest absolute Gasteiger partial charge is 0.390 e. The lowest BCUT2D eigenvalue weighted by molar-refractivity contribution is -0.394. The summed E-state index contributed by atoms with van der Waals surface area (Å²) in [6, 6.07) is 0. The zero-order valence-corrected chi connectivity index (χ0v) is 6.52. The van der Waals surface area contributed by atoms with E-state index in [9.17, 15) is 10.1 Å². The Labute approximate surface area is 75.1 Å². The minimum atomic E-state index is -0.725. The van der Waals surface area contributed by atoms with Gasteiger partial charge in [0, 0.05) is 0 Å². The summed E-state index contributed by atoms with van der Waals surface area (Å²) in [7, 11) is 0. The molecule has 0 unspecified atom stereocenters. The molecular weight excluding hydrogens is 194 g/mol. The third kappa shape index (κ3) is 1.12. The molecule has 0 saturated carbocycles. The van der Waals surface area contributed by atoms with E-state index >= 15 is 0 Å². The van der Waals surface area contributed by atoms with Crippen molar-refractivity contribution < 1.29 is 4.92 Å². The monoisotopic (exact) mass is 197 g/mol. The van der Waals surface area contributed by atoms with Crippen molar-refractivity contribution in [3.05, 3.63) is 10.1 Å². The highest BCUT2D eigenvalue weighted by Crippen LogP contribution is 2.06. The summed E-state index contributed by atoms with van der Waals surface area (Å²) < 4.78 is 0.962. The maximum absolute atomic E-state index is 10.2. The second kappa shape index (κ2) is 2.72. The first-order valence-electron chi connectivity index (χ1n) is 3.29. The number of tetrazole rings is 1. The van der Waals surface area contributed by atoms with Crippen molar-refractivity contribution in [1.82, 2.24) is 35.4 Å². The van der Waals surface area contributed by atoms with Gasteiger partial charge in [-0.05, 0) is 20.3 Å². The third-order valence-corrected chi connectivity index (χ3v) is 1.32. The topological polar surface area (TPSA) is 154 Å². The zero-order valence-electron chi connectivity index (χ0n) is 6.52. The van der Waals surface area contributed by atoms with Crippen LogP contribution in [0.25, 0.3) is 5.95 Å². The Morgan fingerprint density at radius 1 is 1.57 bits per heavy atom. The number of nitrogens with one attached hydrogen (secondary N) is 1. The molecule has 11 nitrogen and oxygen atoms in total. The van der Waals surface area contributed by atoms with E-state index in [1.807, 2.05) is 0 Å². The molecule has 0 aromatic carbocycles. The van der Waals surface area contributed by atoms with E-state index in [-0.39, 0.29) is 11.9 Å². The highest BCUT2D eigenvalue weighted by Gasteiger charge is 2.18. The predicted octanol–water partition coefficient (Wildman–Crippen LogP) is -1.73. The fourth-order valence-corrected chi connectivity index (χ4v) is 0.758. The molecule has 2 rings (SSSR count). The van der Waals surface area contributed by atoms with E-state index in [2.05, 4.69) is 30.7 Å². The van der Waals surface area contributed by atoms with Gasteiger partial charge >= 0.3 is 11.9 Å². The fraction of sp³-hybridized carbons (Fsp3) is 0. The number of aromatic nitrogens is 7. The van der Waals surface area contributed by atoms with Crippen molar-refractivity contribution in [2.45, 2.75) is 0 Å². The number of anilines is 1. The van der Waals surface area contributed by atoms with Gasteiger partial charge < -0.3 is 15.8 Å². The summed E-state index contributed by atoms with van der Waals surface area (Å²) >= 11 is 0. The van der Waals surface area contributed by atoms with Gasteiger partial charge in [-0.1, -0.05) is 10.2 Å². The van der Waals surface area contributed by atoms with Crippen LogP contribution in [-0.2, 0) is 0 Å². The van der Waals surface area contributed by atoms with Crippen LogP contribution in [0.2, 0.25) is 0 Å². The largest absolute Gasteiger partial charge is 0.455 e. The maximum atomic E-state index is 10.2. The molecule has 0 aliphatic rings. The number of nitrogen functional groups attached to an aromatic ring is 1. The summed E-state index contributed by atoms with van der Waals surface area (Å²) in [5, 5.41) is 25.9. The Morgan fingerprint density at radius 2 is 2.36 bits per heavy atom. The van der Waals surface area contributed by atoms with Crippen molar-refractivity contribution in [3.8, 4) is 5.95 Å². The number of nitrogens with two attached hydrogens (primary N) is 1. The van der Waals surface area contributed by atoms with Crippen LogP contribution >= 0.6 is 0 Å². The molecule has 72 valence electrons. The van der Waals surface area contributed by atoms with Gasteiger partial charge in [-0.3, -0.25) is 0 Å². The van der Waals surface area contributed by atoms with Gasteiger partial charge in [-0.2, -0.15) is 0 Å². The molecule has 0 radical (unpaired) electrons. The minimum Gasteiger partial charge on any atom is -0.390 e. The van der Waals surface area contributed by atoms with Gasteiger partial charge in [-0.15, -0.1) is 9.78 Å². The standard InChI is InChI=1S/C3H3N9O2/c4-1-6-9-10-11(1)2-5-3(8-7-2)12(13)14/h(H2,4,6,10)(H,5,7,8). The summed E-state index contributed by atoms with van der Waals surface area (Å²) in [5.41, 5.74) is 5.32. The maximum Gasteiger partial charge on any atom is 0.455 e. The van der Waals surface area contributed by atoms with E-state index in [1.54, 1.807) is 0 Å². The molecule has 2 aromatic rings. The van der Waals surface area contributed by atoms with Gasteiger partial charge in [0.15, 0.2) is 0 Å². The van der Waals surface area contributed by atoms with Gasteiger partial charge in [0.05, 0.1) is 0 Å². The summed E-state index contributed by atoms with van der Waals surface area (Å²) in [4.78, 5) is 13.0. The number of nitro groups is 1. The van der Waals surface area contributed by atoms with Gasteiger partial charge in [0.25, 0.3) is 0 Å². The van der Waals surface area contributed by atoms with E-state index in [1.165, 1.54) is 0 Å². The average Bonchev–Trinajstić information content (AvgIpc) is 2.71. The first kappa shape index (κ1) is 8.03. The second-order valence-corrected chi connectivity index (χ2v) is 2.17. The lowest BCUT2D eigenvalue weighted by atomic mass is 10.9. The van der Waals surface area contributed by atoms with E-state index < -0.39 is 10.9 Å². The van der Waals surface area contributed by atoms with Crippen molar-refractivity contribution in [2.75, 3.05) is 5.73 Å². The minimum absolute atomic E-state index is 0.0566. The Hall–Kier alpha value is -2.59. The van der Waals surface area contributed by atoms with Crippen molar-refractivity contribution in [1.29, 1.82) is 0 Å². The molecule has 11 heteroatoms. The Bertz CT molecular complexity index is 470. The Morgan fingerprint density at radius 3 is 2.86 bits per heavy atom. The molecule has 0 bridgehead atoms. The first-order valence-corrected chi connectivity index (χ1v) is 3.29. The van der Waals surface area contributed by atoms with E-state index in [0.717, 1.165) is 4.68 Å². The third-order valence-electron chi connectivity index (χ3n) is 1.32. The van der Waals surface area contributed by atoms with Crippen LogP contribution in [-0.4, -0.2) is 40.3 Å².